The third kappa shape index (κ3) is 3.27. The van der Waals surface area contributed by atoms with E-state index >= 15 is 0 Å². The first-order valence-corrected chi connectivity index (χ1v) is 5.20. The van der Waals surface area contributed by atoms with Gasteiger partial charge in [0.1, 0.15) is 0 Å². The van der Waals surface area contributed by atoms with Crippen molar-refractivity contribution in [2.75, 3.05) is 33.2 Å². The molecule has 14 heavy (non-hydrogen) atoms. The van der Waals surface area contributed by atoms with Gasteiger partial charge in [-0.1, -0.05) is 0 Å². The Morgan fingerprint density at radius 2 is 1.71 bits per heavy atom. The summed E-state index contributed by atoms with van der Waals surface area (Å²) < 4.78 is 0. The minimum atomic E-state index is 0. The number of nitrogens with one attached hydrogen (secondary N) is 1. The lowest BCUT2D eigenvalue weighted by Crippen LogP contribution is -2.47. The summed E-state index contributed by atoms with van der Waals surface area (Å²) >= 11 is 0. The molecule has 0 bridgehead atoms. The van der Waals surface area contributed by atoms with E-state index in [2.05, 4.69) is 17.3 Å². The fraction of sp³-hybridized carbons (Fsp3) is 1.00. The quantitative estimate of drug-likeness (QED) is 0.697. The van der Waals surface area contributed by atoms with E-state index in [0.717, 1.165) is 0 Å². The predicted molar refractivity (Wildman–Crippen MR) is 65.8 cm³/mol. The number of nitrogens with zero attached hydrogens (tertiary/aromatic N) is 1. The number of hydrogen-bond donors (Lipinski definition) is 1. The molecule has 2 rings (SSSR count). The molecule has 0 aromatic carbocycles. The zero-order valence-electron chi connectivity index (χ0n) is 8.92. The Labute approximate surface area is 99.6 Å². The van der Waals surface area contributed by atoms with Gasteiger partial charge in [0.15, 0.2) is 0 Å². The van der Waals surface area contributed by atoms with E-state index in [-0.39, 0.29) is 24.8 Å². The van der Waals surface area contributed by atoms with E-state index in [9.17, 15) is 0 Å². The summed E-state index contributed by atoms with van der Waals surface area (Å²) in [5, 5.41) is 3.45. The Bertz CT molecular complexity index is 153. The van der Waals surface area contributed by atoms with Crippen molar-refractivity contribution in [3.8, 4) is 0 Å². The SMILES string of the molecule is CN1CCCC2(CCNCC2)C1.Cl.Cl. The van der Waals surface area contributed by atoms with Crippen LogP contribution in [0.3, 0.4) is 0 Å². The van der Waals surface area contributed by atoms with Crippen molar-refractivity contribution >= 4 is 24.8 Å². The van der Waals surface area contributed by atoms with Gasteiger partial charge in [0.05, 0.1) is 0 Å². The number of rotatable bonds is 0. The molecule has 2 heterocycles. The van der Waals surface area contributed by atoms with Crippen molar-refractivity contribution in [2.24, 2.45) is 5.41 Å². The number of likely N-dealkylation sites (tertiary alicyclic amines) is 1. The summed E-state index contributed by atoms with van der Waals surface area (Å²) in [6.45, 7) is 5.14. The molecular weight excluding hydrogens is 219 g/mol. The van der Waals surface area contributed by atoms with Crippen LogP contribution in [0.25, 0.3) is 0 Å². The average Bonchev–Trinajstić information content (AvgIpc) is 2.05. The molecule has 0 atom stereocenters. The van der Waals surface area contributed by atoms with Gasteiger partial charge in [0.2, 0.25) is 0 Å². The minimum Gasteiger partial charge on any atom is -0.317 e. The highest BCUT2D eigenvalue weighted by Crippen LogP contribution is 2.37. The van der Waals surface area contributed by atoms with E-state index < -0.39 is 0 Å². The summed E-state index contributed by atoms with van der Waals surface area (Å²) in [4.78, 5) is 2.51. The van der Waals surface area contributed by atoms with E-state index in [1.54, 1.807) is 0 Å². The minimum absolute atomic E-state index is 0. The summed E-state index contributed by atoms with van der Waals surface area (Å²) in [6, 6.07) is 0. The zero-order valence-corrected chi connectivity index (χ0v) is 10.6. The summed E-state index contributed by atoms with van der Waals surface area (Å²) in [7, 11) is 2.27. The van der Waals surface area contributed by atoms with Gasteiger partial charge in [-0.25, -0.2) is 0 Å². The molecule has 0 radical (unpaired) electrons. The van der Waals surface area contributed by atoms with Crippen molar-refractivity contribution in [2.45, 2.75) is 25.7 Å². The van der Waals surface area contributed by atoms with Crippen molar-refractivity contribution in [3.63, 3.8) is 0 Å². The monoisotopic (exact) mass is 240 g/mol. The zero-order chi connectivity index (χ0) is 8.44. The third-order valence-electron chi connectivity index (χ3n) is 3.52. The van der Waals surface area contributed by atoms with Gasteiger partial charge in [0, 0.05) is 6.54 Å². The molecule has 0 saturated carbocycles. The van der Waals surface area contributed by atoms with Crippen LogP contribution in [0, 0.1) is 5.41 Å². The maximum absolute atomic E-state index is 3.45. The highest BCUT2D eigenvalue weighted by atomic mass is 35.5. The maximum atomic E-state index is 3.45. The first kappa shape index (κ1) is 14.5. The highest BCUT2D eigenvalue weighted by Gasteiger charge is 2.34. The van der Waals surface area contributed by atoms with Crippen LogP contribution in [-0.4, -0.2) is 38.1 Å². The van der Waals surface area contributed by atoms with E-state index in [1.165, 1.54) is 51.9 Å². The first-order chi connectivity index (χ1) is 5.81. The van der Waals surface area contributed by atoms with Crippen LogP contribution in [0.1, 0.15) is 25.7 Å². The molecule has 86 valence electrons. The van der Waals surface area contributed by atoms with Crippen molar-refractivity contribution < 1.29 is 0 Å². The molecule has 4 heteroatoms. The van der Waals surface area contributed by atoms with E-state index in [4.69, 9.17) is 0 Å². The highest BCUT2D eigenvalue weighted by molar-refractivity contribution is 5.85. The van der Waals surface area contributed by atoms with Crippen molar-refractivity contribution in [1.82, 2.24) is 10.2 Å². The van der Waals surface area contributed by atoms with E-state index in [0.29, 0.717) is 5.41 Å². The number of piperidine rings is 2. The predicted octanol–water partition coefficient (Wildman–Crippen LogP) is 1.93. The summed E-state index contributed by atoms with van der Waals surface area (Å²) in [5.74, 6) is 0. The molecule has 1 N–H and O–H groups in total. The smallest absolute Gasteiger partial charge is 0.00359 e. The molecule has 0 amide bonds. The molecule has 2 saturated heterocycles. The van der Waals surface area contributed by atoms with Crippen LogP contribution in [-0.2, 0) is 0 Å². The van der Waals surface area contributed by atoms with Gasteiger partial charge in [-0.2, -0.15) is 0 Å². The molecule has 1 spiro atoms. The van der Waals surface area contributed by atoms with Gasteiger partial charge < -0.3 is 10.2 Å². The van der Waals surface area contributed by atoms with Crippen molar-refractivity contribution in [1.29, 1.82) is 0 Å². The Kier molecular flexibility index (Phi) is 6.38. The van der Waals surface area contributed by atoms with Gasteiger partial charge in [-0.05, 0) is 57.8 Å². The van der Waals surface area contributed by atoms with Crippen LogP contribution in [0.2, 0.25) is 0 Å². The van der Waals surface area contributed by atoms with Crippen molar-refractivity contribution in [3.05, 3.63) is 0 Å². The molecule has 0 aromatic rings. The normalized spacial score (nSPS) is 26.4. The fourth-order valence-corrected chi connectivity index (χ4v) is 2.82. The molecule has 2 aliphatic heterocycles. The second-order valence-electron chi connectivity index (χ2n) is 4.59. The molecule has 2 fully saturated rings. The number of halogens is 2. The van der Waals surface area contributed by atoms with Gasteiger partial charge >= 0.3 is 0 Å². The molecule has 2 nitrogen and oxygen atoms in total. The Hall–Kier alpha value is 0.500. The number of hydrogen-bond acceptors (Lipinski definition) is 2. The van der Waals surface area contributed by atoms with Gasteiger partial charge in [0.25, 0.3) is 0 Å². The lowest BCUT2D eigenvalue weighted by molar-refractivity contribution is 0.0757. The van der Waals surface area contributed by atoms with Gasteiger partial charge in [-0.15, -0.1) is 24.8 Å². The lowest BCUT2D eigenvalue weighted by atomic mass is 9.73. The molecular formula is C10H22Cl2N2. The molecule has 0 unspecified atom stereocenters. The standard InChI is InChI=1S/C10H20N2.2ClH/c1-12-8-2-3-10(9-12)4-6-11-7-5-10;;/h11H,2-9H2,1H3;2*1H. The van der Waals surface area contributed by atoms with Crippen LogP contribution in [0.5, 0.6) is 0 Å². The average molecular weight is 241 g/mol. The van der Waals surface area contributed by atoms with Crippen LogP contribution < -0.4 is 5.32 Å². The fourth-order valence-electron chi connectivity index (χ4n) is 2.82. The Morgan fingerprint density at radius 3 is 2.29 bits per heavy atom. The summed E-state index contributed by atoms with van der Waals surface area (Å²) in [6.07, 6.45) is 5.68. The van der Waals surface area contributed by atoms with Crippen LogP contribution in [0.4, 0.5) is 0 Å². The Balaban J connectivity index is 0.000000845. The molecule has 0 aliphatic carbocycles. The third-order valence-corrected chi connectivity index (χ3v) is 3.52. The summed E-state index contributed by atoms with van der Waals surface area (Å²) in [5.41, 5.74) is 0.693. The first-order valence-electron chi connectivity index (χ1n) is 5.20. The Morgan fingerprint density at radius 1 is 1.07 bits per heavy atom. The largest absolute Gasteiger partial charge is 0.317 e. The molecule has 0 aromatic heterocycles. The molecule has 2 aliphatic rings. The maximum Gasteiger partial charge on any atom is 0.00359 e. The van der Waals surface area contributed by atoms with Gasteiger partial charge in [-0.3, -0.25) is 0 Å². The van der Waals surface area contributed by atoms with E-state index in [1.807, 2.05) is 0 Å². The lowest BCUT2D eigenvalue weighted by Gasteiger charge is -2.44. The second kappa shape index (κ2) is 6.16. The van der Waals surface area contributed by atoms with Crippen LogP contribution in [0.15, 0.2) is 0 Å². The topological polar surface area (TPSA) is 15.3 Å². The second-order valence-corrected chi connectivity index (χ2v) is 4.59. The van der Waals surface area contributed by atoms with Crippen LogP contribution >= 0.6 is 24.8 Å².